The first-order valence-electron chi connectivity index (χ1n) is 8.11. The number of carbonyl (C=O) groups is 1. The van der Waals surface area contributed by atoms with Crippen molar-refractivity contribution in [1.82, 2.24) is 9.73 Å². The summed E-state index contributed by atoms with van der Waals surface area (Å²) >= 11 is 0. The van der Waals surface area contributed by atoms with Crippen LogP contribution in [0.2, 0.25) is 0 Å². The molecule has 0 saturated carbocycles. The van der Waals surface area contributed by atoms with Gasteiger partial charge in [0.15, 0.2) is 0 Å². The van der Waals surface area contributed by atoms with E-state index in [4.69, 9.17) is 0 Å². The fraction of sp³-hybridized carbons (Fsp3) is 0.412. The second-order valence-corrected chi connectivity index (χ2v) is 8.11. The second-order valence-electron chi connectivity index (χ2n) is 6.17. The maximum atomic E-state index is 12.4. The Morgan fingerprint density at radius 3 is 2.38 bits per heavy atom. The van der Waals surface area contributed by atoms with E-state index in [-0.39, 0.29) is 10.8 Å². The van der Waals surface area contributed by atoms with Gasteiger partial charge in [-0.05, 0) is 62.9 Å². The van der Waals surface area contributed by atoms with Crippen LogP contribution in [0.25, 0.3) is 0 Å². The minimum atomic E-state index is -3.45. The topological polar surface area (TPSA) is 78.8 Å². The van der Waals surface area contributed by atoms with Gasteiger partial charge in [-0.3, -0.25) is 4.79 Å². The van der Waals surface area contributed by atoms with Crippen LogP contribution in [-0.4, -0.2) is 37.4 Å². The van der Waals surface area contributed by atoms with E-state index >= 15 is 0 Å². The van der Waals surface area contributed by atoms with Crippen molar-refractivity contribution in [2.24, 2.45) is 5.10 Å². The van der Waals surface area contributed by atoms with Crippen LogP contribution in [0.15, 0.2) is 45.9 Å². The number of hydrazone groups is 1. The summed E-state index contributed by atoms with van der Waals surface area (Å²) in [6.07, 6.45) is 5.56. The molecule has 0 unspecified atom stereocenters. The lowest BCUT2D eigenvalue weighted by atomic mass is 10.2. The number of amides is 1. The van der Waals surface area contributed by atoms with E-state index in [1.54, 1.807) is 0 Å². The van der Waals surface area contributed by atoms with Crippen molar-refractivity contribution >= 4 is 21.6 Å². The lowest BCUT2D eigenvalue weighted by molar-refractivity contribution is 0.0954. The molecule has 0 aromatic heterocycles. The molecule has 1 aliphatic heterocycles. The van der Waals surface area contributed by atoms with Gasteiger partial charge in [-0.1, -0.05) is 5.57 Å². The summed E-state index contributed by atoms with van der Waals surface area (Å²) in [6.45, 7) is 3.16. The third-order valence-electron chi connectivity index (χ3n) is 4.31. The molecule has 0 spiro atoms. The summed E-state index contributed by atoms with van der Waals surface area (Å²) in [5.41, 5.74) is 5.01. The third kappa shape index (κ3) is 3.57. The molecule has 1 aromatic carbocycles. The van der Waals surface area contributed by atoms with E-state index in [2.05, 4.69) is 10.5 Å². The van der Waals surface area contributed by atoms with Crippen LogP contribution in [-0.2, 0) is 10.0 Å². The highest BCUT2D eigenvalue weighted by molar-refractivity contribution is 7.89. The maximum Gasteiger partial charge on any atom is 0.271 e. The van der Waals surface area contributed by atoms with Gasteiger partial charge in [0.1, 0.15) is 0 Å². The summed E-state index contributed by atoms with van der Waals surface area (Å²) in [4.78, 5) is 12.3. The molecule has 0 atom stereocenters. The number of benzene rings is 1. The normalized spacial score (nSPS) is 20.4. The van der Waals surface area contributed by atoms with Crippen molar-refractivity contribution < 1.29 is 13.2 Å². The van der Waals surface area contributed by atoms with E-state index in [1.807, 2.05) is 13.0 Å². The van der Waals surface area contributed by atoms with Crippen LogP contribution in [0.5, 0.6) is 0 Å². The first-order valence-corrected chi connectivity index (χ1v) is 9.55. The fourth-order valence-corrected chi connectivity index (χ4v) is 4.40. The molecule has 1 amide bonds. The minimum Gasteiger partial charge on any atom is -0.267 e. The van der Waals surface area contributed by atoms with Gasteiger partial charge in [0.25, 0.3) is 5.91 Å². The van der Waals surface area contributed by atoms with E-state index in [0.29, 0.717) is 18.7 Å². The average molecular weight is 347 g/mol. The van der Waals surface area contributed by atoms with Gasteiger partial charge in [0, 0.05) is 18.7 Å². The monoisotopic (exact) mass is 347 g/mol. The third-order valence-corrected chi connectivity index (χ3v) is 6.22. The Hall–Kier alpha value is -1.99. The van der Waals surface area contributed by atoms with Crippen LogP contribution in [0, 0.1) is 0 Å². The summed E-state index contributed by atoms with van der Waals surface area (Å²) in [5.74, 6) is -0.342. The van der Waals surface area contributed by atoms with Gasteiger partial charge in [-0.2, -0.15) is 9.41 Å². The summed E-state index contributed by atoms with van der Waals surface area (Å²) in [7, 11) is -3.45. The lowest BCUT2D eigenvalue weighted by Crippen LogP contribution is -2.28. The highest BCUT2D eigenvalue weighted by atomic mass is 32.2. The van der Waals surface area contributed by atoms with Crippen LogP contribution in [0.3, 0.4) is 0 Å². The van der Waals surface area contributed by atoms with Crippen molar-refractivity contribution in [3.8, 4) is 0 Å². The summed E-state index contributed by atoms with van der Waals surface area (Å²) < 4.78 is 26.4. The highest BCUT2D eigenvalue weighted by Crippen LogP contribution is 2.21. The largest absolute Gasteiger partial charge is 0.271 e. The molecular formula is C17H21N3O3S. The van der Waals surface area contributed by atoms with Gasteiger partial charge in [0.2, 0.25) is 10.0 Å². The lowest BCUT2D eigenvalue weighted by Gasteiger charge is -2.15. The predicted octanol–water partition coefficient (Wildman–Crippen LogP) is 2.30. The molecule has 0 radical (unpaired) electrons. The first kappa shape index (κ1) is 16.9. The van der Waals surface area contributed by atoms with Gasteiger partial charge < -0.3 is 0 Å². The molecule has 7 heteroatoms. The quantitative estimate of drug-likeness (QED) is 0.849. The average Bonchev–Trinajstić information content (AvgIpc) is 3.24. The Morgan fingerprint density at radius 2 is 1.79 bits per heavy atom. The summed E-state index contributed by atoms with van der Waals surface area (Å²) in [5, 5.41) is 4.10. The SMILES string of the molecule is CC1=CC(=NNC(=O)c2ccc(S(=O)(=O)N3CCCC3)cc2)CC1. The summed E-state index contributed by atoms with van der Waals surface area (Å²) in [6, 6.07) is 6.01. The smallest absolute Gasteiger partial charge is 0.267 e. The minimum absolute atomic E-state index is 0.224. The van der Waals surface area contributed by atoms with Crippen LogP contribution < -0.4 is 5.43 Å². The Labute approximate surface area is 142 Å². The molecule has 24 heavy (non-hydrogen) atoms. The molecule has 1 aromatic rings. The number of nitrogens with zero attached hydrogens (tertiary/aromatic N) is 2. The Balaban J connectivity index is 1.69. The molecule has 1 fully saturated rings. The number of nitrogens with one attached hydrogen (secondary N) is 1. The Bertz CT molecular complexity index is 789. The highest BCUT2D eigenvalue weighted by Gasteiger charge is 2.27. The fourth-order valence-electron chi connectivity index (χ4n) is 2.89. The van der Waals surface area contributed by atoms with Crippen molar-refractivity contribution in [2.45, 2.75) is 37.5 Å². The number of allylic oxidation sites excluding steroid dienone is 2. The Morgan fingerprint density at radius 1 is 1.12 bits per heavy atom. The zero-order valence-corrected chi connectivity index (χ0v) is 14.5. The van der Waals surface area contributed by atoms with Crippen molar-refractivity contribution in [1.29, 1.82) is 0 Å². The number of sulfonamides is 1. The number of hydrogen-bond donors (Lipinski definition) is 1. The van der Waals surface area contributed by atoms with Crippen molar-refractivity contribution in [3.63, 3.8) is 0 Å². The molecule has 1 aliphatic carbocycles. The first-order chi connectivity index (χ1) is 11.5. The molecule has 2 aliphatic rings. The van der Waals surface area contributed by atoms with Gasteiger partial charge >= 0.3 is 0 Å². The number of rotatable bonds is 4. The van der Waals surface area contributed by atoms with E-state index < -0.39 is 10.0 Å². The van der Waals surface area contributed by atoms with Crippen LogP contribution in [0.4, 0.5) is 0 Å². The zero-order chi connectivity index (χ0) is 17.2. The van der Waals surface area contributed by atoms with Gasteiger partial charge in [0.05, 0.1) is 10.6 Å². The molecule has 3 rings (SSSR count). The number of carbonyl (C=O) groups excluding carboxylic acids is 1. The van der Waals surface area contributed by atoms with Gasteiger partial charge in [-0.25, -0.2) is 13.8 Å². The van der Waals surface area contributed by atoms with Crippen molar-refractivity contribution in [3.05, 3.63) is 41.5 Å². The molecule has 6 nitrogen and oxygen atoms in total. The van der Waals surface area contributed by atoms with Gasteiger partial charge in [-0.15, -0.1) is 0 Å². The molecule has 1 heterocycles. The second kappa shape index (κ2) is 6.86. The standard InChI is InChI=1S/C17H21N3O3S/c1-13-4-7-15(12-13)18-19-17(21)14-5-8-16(9-6-14)24(22,23)20-10-2-3-11-20/h5-6,8-9,12H,2-4,7,10-11H2,1H3,(H,19,21). The molecular weight excluding hydrogens is 326 g/mol. The molecule has 1 N–H and O–H groups in total. The van der Waals surface area contributed by atoms with E-state index in [1.165, 1.54) is 34.1 Å². The number of hydrogen-bond acceptors (Lipinski definition) is 4. The van der Waals surface area contributed by atoms with E-state index in [0.717, 1.165) is 31.4 Å². The molecule has 1 saturated heterocycles. The van der Waals surface area contributed by atoms with Crippen molar-refractivity contribution in [2.75, 3.05) is 13.1 Å². The maximum absolute atomic E-state index is 12.4. The van der Waals surface area contributed by atoms with Crippen LogP contribution in [0.1, 0.15) is 43.0 Å². The molecule has 128 valence electrons. The Kier molecular flexibility index (Phi) is 4.82. The zero-order valence-electron chi connectivity index (χ0n) is 13.7. The predicted molar refractivity (Wildman–Crippen MR) is 92.3 cm³/mol. The van der Waals surface area contributed by atoms with Crippen LogP contribution >= 0.6 is 0 Å². The molecule has 0 bridgehead atoms. The van der Waals surface area contributed by atoms with E-state index in [9.17, 15) is 13.2 Å².